The van der Waals surface area contributed by atoms with Crippen molar-refractivity contribution in [1.82, 2.24) is 5.32 Å². The van der Waals surface area contributed by atoms with Gasteiger partial charge in [-0.15, -0.1) is 11.3 Å². The molecule has 1 aliphatic rings. The zero-order valence-corrected chi connectivity index (χ0v) is 12.0. The molecule has 0 radical (unpaired) electrons. The average molecular weight is 296 g/mol. The van der Waals surface area contributed by atoms with Crippen LogP contribution in [0.5, 0.6) is 0 Å². The Morgan fingerprint density at radius 1 is 1.37 bits per heavy atom. The normalized spacial score (nSPS) is 18.3. The van der Waals surface area contributed by atoms with Crippen molar-refractivity contribution < 1.29 is 4.39 Å². The molecule has 1 atom stereocenters. The molecule has 0 amide bonds. The predicted molar refractivity (Wildman–Crippen MR) is 78.2 cm³/mol. The molecule has 1 unspecified atom stereocenters. The van der Waals surface area contributed by atoms with Crippen LogP contribution in [-0.2, 0) is 13.0 Å². The monoisotopic (exact) mass is 295 g/mol. The second kappa shape index (κ2) is 5.61. The summed E-state index contributed by atoms with van der Waals surface area (Å²) >= 11 is 7.76. The zero-order valence-electron chi connectivity index (χ0n) is 10.5. The van der Waals surface area contributed by atoms with E-state index in [0.29, 0.717) is 12.6 Å². The van der Waals surface area contributed by atoms with Crippen molar-refractivity contribution >= 4 is 22.9 Å². The molecule has 0 fully saturated rings. The maximum absolute atomic E-state index is 13.6. The minimum absolute atomic E-state index is 0.144. The number of rotatable bonds is 3. The van der Waals surface area contributed by atoms with Crippen LogP contribution in [0.4, 0.5) is 4.39 Å². The van der Waals surface area contributed by atoms with E-state index in [1.54, 1.807) is 17.4 Å². The average Bonchev–Trinajstić information content (AvgIpc) is 2.78. The Balaban J connectivity index is 1.73. The van der Waals surface area contributed by atoms with E-state index >= 15 is 0 Å². The molecule has 0 spiro atoms. The molecule has 0 bridgehead atoms. The first-order chi connectivity index (χ1) is 9.24. The third kappa shape index (κ3) is 2.83. The van der Waals surface area contributed by atoms with E-state index in [-0.39, 0.29) is 5.82 Å². The van der Waals surface area contributed by atoms with E-state index in [9.17, 15) is 4.39 Å². The fourth-order valence-electron chi connectivity index (χ4n) is 2.61. The summed E-state index contributed by atoms with van der Waals surface area (Å²) in [6.07, 6.45) is 3.37. The van der Waals surface area contributed by atoms with Gasteiger partial charge in [-0.1, -0.05) is 29.8 Å². The summed E-state index contributed by atoms with van der Waals surface area (Å²) < 4.78 is 14.4. The molecular weight excluding hydrogens is 281 g/mol. The van der Waals surface area contributed by atoms with Crippen molar-refractivity contribution in [3.8, 4) is 0 Å². The SMILES string of the molecule is Fc1ccccc1CNC1CCCc2sc(Cl)cc21. The van der Waals surface area contributed by atoms with Crippen molar-refractivity contribution in [3.05, 3.63) is 56.5 Å². The second-order valence-corrected chi connectivity index (χ2v) is 6.61. The van der Waals surface area contributed by atoms with E-state index in [0.717, 1.165) is 22.7 Å². The Kier molecular flexibility index (Phi) is 3.87. The van der Waals surface area contributed by atoms with Crippen LogP contribution in [0.15, 0.2) is 30.3 Å². The minimum atomic E-state index is -0.144. The highest BCUT2D eigenvalue weighted by Crippen LogP contribution is 2.37. The molecule has 0 saturated carbocycles. The van der Waals surface area contributed by atoms with E-state index in [2.05, 4.69) is 11.4 Å². The van der Waals surface area contributed by atoms with Crippen LogP contribution in [0, 0.1) is 5.82 Å². The van der Waals surface area contributed by atoms with Gasteiger partial charge in [-0.25, -0.2) is 4.39 Å². The van der Waals surface area contributed by atoms with Crippen molar-refractivity contribution in [2.75, 3.05) is 0 Å². The number of halogens is 2. The van der Waals surface area contributed by atoms with Crippen LogP contribution in [0.3, 0.4) is 0 Å². The Bertz CT molecular complexity index is 581. The summed E-state index contributed by atoms with van der Waals surface area (Å²) in [5, 5.41) is 3.46. The number of hydrogen-bond donors (Lipinski definition) is 1. The van der Waals surface area contributed by atoms with Gasteiger partial charge in [-0.3, -0.25) is 0 Å². The molecule has 1 aromatic carbocycles. The van der Waals surface area contributed by atoms with Gasteiger partial charge in [-0.2, -0.15) is 0 Å². The van der Waals surface area contributed by atoms with E-state index in [4.69, 9.17) is 11.6 Å². The van der Waals surface area contributed by atoms with Crippen LogP contribution < -0.4 is 5.32 Å². The third-order valence-electron chi connectivity index (χ3n) is 3.58. The van der Waals surface area contributed by atoms with Crippen LogP contribution in [0.1, 0.15) is 34.9 Å². The molecule has 1 nitrogen and oxygen atoms in total. The fourth-order valence-corrected chi connectivity index (χ4v) is 3.99. The van der Waals surface area contributed by atoms with Crippen molar-refractivity contribution in [2.45, 2.75) is 31.8 Å². The van der Waals surface area contributed by atoms with Gasteiger partial charge in [0.05, 0.1) is 4.34 Å². The molecule has 4 heteroatoms. The van der Waals surface area contributed by atoms with Gasteiger partial charge in [0.25, 0.3) is 0 Å². The summed E-state index contributed by atoms with van der Waals surface area (Å²) in [6, 6.07) is 9.27. The molecule has 2 aromatic rings. The van der Waals surface area contributed by atoms with Crippen molar-refractivity contribution in [1.29, 1.82) is 0 Å². The number of thiophene rings is 1. The number of nitrogens with one attached hydrogen (secondary N) is 1. The van der Waals surface area contributed by atoms with Gasteiger partial charge in [0.1, 0.15) is 5.82 Å². The van der Waals surface area contributed by atoms with Gasteiger partial charge in [0.2, 0.25) is 0 Å². The highest BCUT2D eigenvalue weighted by molar-refractivity contribution is 7.16. The van der Waals surface area contributed by atoms with Crippen molar-refractivity contribution in [2.24, 2.45) is 0 Å². The zero-order chi connectivity index (χ0) is 13.2. The lowest BCUT2D eigenvalue weighted by molar-refractivity contribution is 0.456. The van der Waals surface area contributed by atoms with E-state index in [1.807, 2.05) is 12.1 Å². The quantitative estimate of drug-likeness (QED) is 0.865. The summed E-state index contributed by atoms with van der Waals surface area (Å²) in [4.78, 5) is 1.38. The molecular formula is C15H15ClFNS. The maximum Gasteiger partial charge on any atom is 0.127 e. The summed E-state index contributed by atoms with van der Waals surface area (Å²) in [5.41, 5.74) is 2.02. The Morgan fingerprint density at radius 2 is 2.21 bits per heavy atom. The van der Waals surface area contributed by atoms with Crippen molar-refractivity contribution in [3.63, 3.8) is 0 Å². The van der Waals surface area contributed by atoms with Gasteiger partial charge in [0.15, 0.2) is 0 Å². The third-order valence-corrected chi connectivity index (χ3v) is 4.92. The van der Waals surface area contributed by atoms with Crippen LogP contribution in [-0.4, -0.2) is 0 Å². The molecule has 1 aromatic heterocycles. The van der Waals surface area contributed by atoms with Crippen LogP contribution in [0.25, 0.3) is 0 Å². The molecule has 100 valence electrons. The first kappa shape index (κ1) is 13.1. The first-order valence-electron chi connectivity index (χ1n) is 6.49. The van der Waals surface area contributed by atoms with Gasteiger partial charge in [0, 0.05) is 23.0 Å². The number of hydrogen-bond acceptors (Lipinski definition) is 2. The molecule has 3 rings (SSSR count). The predicted octanol–water partition coefficient (Wildman–Crippen LogP) is 4.71. The Labute approximate surface area is 121 Å². The van der Waals surface area contributed by atoms with Gasteiger partial charge >= 0.3 is 0 Å². The minimum Gasteiger partial charge on any atom is -0.306 e. The standard InChI is InChI=1S/C15H15ClFNS/c16-15-8-11-13(6-3-7-14(11)19-15)18-9-10-4-1-2-5-12(10)17/h1-2,4-5,8,13,18H,3,6-7,9H2. The second-order valence-electron chi connectivity index (χ2n) is 4.85. The maximum atomic E-state index is 13.6. The van der Waals surface area contributed by atoms with E-state index < -0.39 is 0 Å². The lowest BCUT2D eigenvalue weighted by Crippen LogP contribution is -2.24. The topological polar surface area (TPSA) is 12.0 Å². The number of fused-ring (bicyclic) bond motifs is 1. The van der Waals surface area contributed by atoms with Crippen LogP contribution in [0.2, 0.25) is 4.34 Å². The fraction of sp³-hybridized carbons (Fsp3) is 0.333. The Morgan fingerprint density at radius 3 is 3.05 bits per heavy atom. The summed E-state index contributed by atoms with van der Waals surface area (Å²) in [5.74, 6) is -0.144. The number of benzene rings is 1. The molecule has 0 aliphatic heterocycles. The lowest BCUT2D eigenvalue weighted by Gasteiger charge is -2.23. The smallest absolute Gasteiger partial charge is 0.127 e. The molecule has 19 heavy (non-hydrogen) atoms. The highest BCUT2D eigenvalue weighted by Gasteiger charge is 2.22. The van der Waals surface area contributed by atoms with Gasteiger partial charge in [-0.05, 0) is 37.0 Å². The Hall–Kier alpha value is -0.900. The summed E-state index contributed by atoms with van der Waals surface area (Å²) in [7, 11) is 0. The molecule has 1 N–H and O–H groups in total. The van der Waals surface area contributed by atoms with E-state index in [1.165, 1.54) is 22.9 Å². The molecule has 1 aliphatic carbocycles. The largest absolute Gasteiger partial charge is 0.306 e. The highest BCUT2D eigenvalue weighted by atomic mass is 35.5. The number of aryl methyl sites for hydroxylation is 1. The molecule has 0 saturated heterocycles. The summed E-state index contributed by atoms with van der Waals surface area (Å²) in [6.45, 7) is 0.560. The first-order valence-corrected chi connectivity index (χ1v) is 7.68. The lowest BCUT2D eigenvalue weighted by atomic mass is 9.94. The van der Waals surface area contributed by atoms with Gasteiger partial charge < -0.3 is 5.32 Å². The van der Waals surface area contributed by atoms with Crippen LogP contribution >= 0.6 is 22.9 Å². The molecule has 1 heterocycles.